The van der Waals surface area contributed by atoms with E-state index in [1.54, 1.807) is 12.1 Å². The number of carbonyl (C=O) groups is 1. The van der Waals surface area contributed by atoms with E-state index >= 15 is 0 Å². The van der Waals surface area contributed by atoms with Crippen molar-refractivity contribution in [2.24, 2.45) is 0 Å². The molecule has 16 heavy (non-hydrogen) atoms. The average molecular weight is 237 g/mol. The first-order valence-electron chi connectivity index (χ1n) is 4.61. The maximum Gasteiger partial charge on any atom is 0.249 e. The van der Waals surface area contributed by atoms with Gasteiger partial charge in [-0.1, -0.05) is 11.6 Å². The number of H-pyrrole nitrogens is 1. The molecule has 0 radical (unpaired) electrons. The molecule has 0 aliphatic carbocycles. The lowest BCUT2D eigenvalue weighted by atomic mass is 10.2. The van der Waals surface area contributed by atoms with E-state index in [1.165, 1.54) is 6.92 Å². The predicted octanol–water partition coefficient (Wildman–Crippen LogP) is 2.08. The standard InChI is InChI=1S/C10H9ClN4O/c1-6(16)12-10-13-9(14-15-10)7-2-4-8(11)5-3-7/h2-5H,1H3,(H2,12,13,14,15,16). The zero-order valence-corrected chi connectivity index (χ0v) is 9.25. The molecule has 0 unspecified atom stereocenters. The molecular weight excluding hydrogens is 228 g/mol. The van der Waals surface area contributed by atoms with E-state index < -0.39 is 0 Å². The highest BCUT2D eigenvalue weighted by Crippen LogP contribution is 2.18. The average Bonchev–Trinajstić information content (AvgIpc) is 2.66. The van der Waals surface area contributed by atoms with Crippen LogP contribution in [0.5, 0.6) is 0 Å². The van der Waals surface area contributed by atoms with E-state index in [2.05, 4.69) is 20.5 Å². The van der Waals surface area contributed by atoms with Crippen LogP contribution in [0.4, 0.5) is 5.95 Å². The van der Waals surface area contributed by atoms with E-state index in [1.807, 2.05) is 12.1 Å². The van der Waals surface area contributed by atoms with Gasteiger partial charge in [0.1, 0.15) is 0 Å². The largest absolute Gasteiger partial charge is 0.293 e. The van der Waals surface area contributed by atoms with Crippen LogP contribution in [-0.2, 0) is 4.79 Å². The number of amides is 1. The number of aromatic amines is 1. The fraction of sp³-hybridized carbons (Fsp3) is 0.100. The molecule has 0 bridgehead atoms. The molecule has 82 valence electrons. The second-order valence-electron chi connectivity index (χ2n) is 3.20. The molecule has 5 nitrogen and oxygen atoms in total. The molecule has 0 spiro atoms. The van der Waals surface area contributed by atoms with Crippen molar-refractivity contribution in [3.05, 3.63) is 29.3 Å². The van der Waals surface area contributed by atoms with Crippen molar-refractivity contribution >= 4 is 23.5 Å². The molecule has 0 fully saturated rings. The second-order valence-corrected chi connectivity index (χ2v) is 3.63. The minimum Gasteiger partial charge on any atom is -0.293 e. The third-order valence-corrected chi connectivity index (χ3v) is 2.14. The minimum absolute atomic E-state index is 0.207. The molecule has 0 atom stereocenters. The lowest BCUT2D eigenvalue weighted by molar-refractivity contribution is -0.114. The van der Waals surface area contributed by atoms with Crippen molar-refractivity contribution < 1.29 is 4.79 Å². The van der Waals surface area contributed by atoms with Crippen LogP contribution in [0.1, 0.15) is 6.92 Å². The van der Waals surface area contributed by atoms with Gasteiger partial charge in [-0.25, -0.2) is 0 Å². The number of hydrogen-bond donors (Lipinski definition) is 2. The number of hydrogen-bond acceptors (Lipinski definition) is 3. The molecule has 0 saturated heterocycles. The third-order valence-electron chi connectivity index (χ3n) is 1.89. The highest BCUT2D eigenvalue weighted by atomic mass is 35.5. The summed E-state index contributed by atoms with van der Waals surface area (Å²) in [5.74, 6) is 0.638. The van der Waals surface area contributed by atoms with Crippen LogP contribution in [0.3, 0.4) is 0 Å². The number of nitrogens with zero attached hydrogens (tertiary/aromatic N) is 2. The smallest absolute Gasteiger partial charge is 0.249 e. The minimum atomic E-state index is -0.207. The molecule has 0 saturated carbocycles. The number of carbonyl (C=O) groups excluding carboxylic acids is 1. The van der Waals surface area contributed by atoms with E-state index in [0.717, 1.165) is 5.56 Å². The van der Waals surface area contributed by atoms with Crippen LogP contribution in [0.2, 0.25) is 5.02 Å². The number of rotatable bonds is 2. The Bertz CT molecular complexity index is 506. The van der Waals surface area contributed by atoms with Crippen LogP contribution >= 0.6 is 11.6 Å². The molecule has 0 aliphatic heterocycles. The number of aromatic nitrogens is 3. The van der Waals surface area contributed by atoms with Gasteiger partial charge in [0.05, 0.1) is 0 Å². The molecule has 2 rings (SSSR count). The van der Waals surface area contributed by atoms with E-state index in [9.17, 15) is 4.79 Å². The van der Waals surface area contributed by atoms with Crippen molar-refractivity contribution in [2.75, 3.05) is 5.32 Å². The van der Waals surface area contributed by atoms with E-state index in [0.29, 0.717) is 10.8 Å². The van der Waals surface area contributed by atoms with Crippen molar-refractivity contribution in [1.82, 2.24) is 15.2 Å². The first-order valence-corrected chi connectivity index (χ1v) is 4.99. The van der Waals surface area contributed by atoms with Gasteiger partial charge in [0.2, 0.25) is 11.9 Å². The van der Waals surface area contributed by atoms with Crippen molar-refractivity contribution in [3.63, 3.8) is 0 Å². The van der Waals surface area contributed by atoms with Crippen LogP contribution in [0.15, 0.2) is 24.3 Å². The fourth-order valence-corrected chi connectivity index (χ4v) is 1.34. The van der Waals surface area contributed by atoms with Crippen LogP contribution in [0, 0.1) is 0 Å². The Morgan fingerprint density at radius 1 is 1.38 bits per heavy atom. The van der Waals surface area contributed by atoms with Gasteiger partial charge in [-0.05, 0) is 24.3 Å². The van der Waals surface area contributed by atoms with Gasteiger partial charge in [0, 0.05) is 17.5 Å². The van der Waals surface area contributed by atoms with E-state index in [4.69, 9.17) is 11.6 Å². The molecular formula is C10H9ClN4O. The van der Waals surface area contributed by atoms with Gasteiger partial charge >= 0.3 is 0 Å². The van der Waals surface area contributed by atoms with Gasteiger partial charge in [0.25, 0.3) is 0 Å². The Hall–Kier alpha value is -1.88. The zero-order valence-electron chi connectivity index (χ0n) is 8.49. The lowest BCUT2D eigenvalue weighted by Crippen LogP contribution is -2.06. The summed E-state index contributed by atoms with van der Waals surface area (Å²) in [4.78, 5) is 14.9. The summed E-state index contributed by atoms with van der Waals surface area (Å²) in [5.41, 5.74) is 0.855. The highest BCUT2D eigenvalue weighted by Gasteiger charge is 2.05. The first kappa shape index (κ1) is 10.6. The summed E-state index contributed by atoms with van der Waals surface area (Å²) in [5, 5.41) is 9.73. The first-order chi connectivity index (χ1) is 7.65. The van der Waals surface area contributed by atoms with Gasteiger partial charge in [-0.2, -0.15) is 4.98 Å². The lowest BCUT2D eigenvalue weighted by Gasteiger charge is -1.95. The summed E-state index contributed by atoms with van der Waals surface area (Å²) in [6.45, 7) is 1.40. The van der Waals surface area contributed by atoms with Crippen LogP contribution in [0.25, 0.3) is 11.4 Å². The SMILES string of the molecule is CC(=O)Nc1n[nH]c(-c2ccc(Cl)cc2)n1. The summed E-state index contributed by atoms with van der Waals surface area (Å²) in [6.07, 6.45) is 0. The van der Waals surface area contributed by atoms with Gasteiger partial charge in [0.15, 0.2) is 5.82 Å². The summed E-state index contributed by atoms with van der Waals surface area (Å²) >= 11 is 5.77. The Kier molecular flexibility index (Phi) is 2.87. The van der Waals surface area contributed by atoms with Gasteiger partial charge < -0.3 is 0 Å². The monoisotopic (exact) mass is 236 g/mol. The molecule has 1 heterocycles. The molecule has 2 aromatic rings. The molecule has 6 heteroatoms. The fourth-order valence-electron chi connectivity index (χ4n) is 1.21. The quantitative estimate of drug-likeness (QED) is 0.839. The highest BCUT2D eigenvalue weighted by molar-refractivity contribution is 6.30. The molecule has 0 aliphatic rings. The van der Waals surface area contributed by atoms with E-state index in [-0.39, 0.29) is 11.9 Å². The molecule has 2 N–H and O–H groups in total. The second kappa shape index (κ2) is 4.32. The van der Waals surface area contributed by atoms with Gasteiger partial charge in [-0.3, -0.25) is 15.2 Å². The van der Waals surface area contributed by atoms with Crippen LogP contribution < -0.4 is 5.32 Å². The Balaban J connectivity index is 2.24. The number of anilines is 1. The number of halogens is 1. The summed E-state index contributed by atoms with van der Waals surface area (Å²) in [6, 6.07) is 7.16. The van der Waals surface area contributed by atoms with Crippen molar-refractivity contribution in [2.45, 2.75) is 6.92 Å². The topological polar surface area (TPSA) is 70.7 Å². The Morgan fingerprint density at radius 3 is 2.69 bits per heavy atom. The normalized spacial score (nSPS) is 10.1. The maximum atomic E-state index is 10.8. The van der Waals surface area contributed by atoms with Crippen molar-refractivity contribution in [1.29, 1.82) is 0 Å². The number of nitrogens with one attached hydrogen (secondary N) is 2. The van der Waals surface area contributed by atoms with Crippen molar-refractivity contribution in [3.8, 4) is 11.4 Å². The summed E-state index contributed by atoms with van der Waals surface area (Å²) < 4.78 is 0. The molecule has 1 aromatic carbocycles. The number of benzene rings is 1. The van der Waals surface area contributed by atoms with Gasteiger partial charge in [-0.15, -0.1) is 5.10 Å². The third kappa shape index (κ3) is 2.38. The Morgan fingerprint density at radius 2 is 2.06 bits per heavy atom. The Labute approximate surface area is 96.8 Å². The predicted molar refractivity (Wildman–Crippen MR) is 61.1 cm³/mol. The van der Waals surface area contributed by atoms with Crippen LogP contribution in [-0.4, -0.2) is 21.1 Å². The maximum absolute atomic E-state index is 10.8. The summed E-state index contributed by atoms with van der Waals surface area (Å²) in [7, 11) is 0. The molecule has 1 amide bonds. The zero-order chi connectivity index (χ0) is 11.5. The molecule has 1 aromatic heterocycles.